The first-order valence-corrected chi connectivity index (χ1v) is 14.3. The number of primary amides is 1. The van der Waals surface area contributed by atoms with Crippen LogP contribution in [-0.4, -0.2) is 53.5 Å². The summed E-state index contributed by atoms with van der Waals surface area (Å²) in [4.78, 5) is 54.4. The van der Waals surface area contributed by atoms with Crippen LogP contribution in [0.15, 0.2) is 54.6 Å². The van der Waals surface area contributed by atoms with Crippen LogP contribution in [0.1, 0.15) is 78.8 Å². The molecular weight excluding hydrogens is 536 g/mol. The summed E-state index contributed by atoms with van der Waals surface area (Å²) in [6, 6.07) is 13.3. The number of benzene rings is 2. The molecule has 0 radical (unpaired) electrons. The zero-order valence-electron chi connectivity index (χ0n) is 25.8. The number of alkyl carbamates (subject to hydrolysis) is 1. The normalized spacial score (nSPS) is 13.4. The number of nitrogens with two attached hydrogens (primary N) is 1. The molecule has 0 saturated heterocycles. The number of ether oxygens (including phenoxy) is 2. The zero-order valence-corrected chi connectivity index (χ0v) is 25.8. The fraction of sp³-hybridized carbons (Fsp3) is 0.500. The van der Waals surface area contributed by atoms with E-state index in [1.54, 1.807) is 76.4 Å². The first-order chi connectivity index (χ1) is 19.7. The molecule has 10 nitrogen and oxygen atoms in total. The summed E-state index contributed by atoms with van der Waals surface area (Å²) in [7, 11) is 1.56. The Labute approximate surface area is 249 Å². The molecule has 2 rings (SSSR count). The minimum Gasteiger partial charge on any atom is -0.497 e. The predicted molar refractivity (Wildman–Crippen MR) is 163 cm³/mol. The lowest BCUT2D eigenvalue weighted by molar-refractivity contribution is -0.143. The van der Waals surface area contributed by atoms with Gasteiger partial charge >= 0.3 is 6.09 Å². The van der Waals surface area contributed by atoms with Crippen LogP contribution < -0.4 is 21.1 Å². The van der Waals surface area contributed by atoms with Crippen molar-refractivity contribution in [3.05, 3.63) is 60.2 Å². The van der Waals surface area contributed by atoms with E-state index in [0.717, 1.165) is 6.42 Å². The van der Waals surface area contributed by atoms with Gasteiger partial charge in [-0.25, -0.2) is 4.79 Å². The number of rotatable bonds is 14. The Hall–Kier alpha value is -4.08. The van der Waals surface area contributed by atoms with E-state index >= 15 is 0 Å². The molecule has 0 aromatic heterocycles. The summed E-state index contributed by atoms with van der Waals surface area (Å²) in [5.41, 5.74) is 5.73. The van der Waals surface area contributed by atoms with E-state index in [4.69, 9.17) is 15.2 Å². The monoisotopic (exact) mass is 582 g/mol. The van der Waals surface area contributed by atoms with Gasteiger partial charge in [-0.2, -0.15) is 0 Å². The van der Waals surface area contributed by atoms with E-state index in [-0.39, 0.29) is 12.8 Å². The molecule has 0 aliphatic heterocycles. The molecule has 230 valence electrons. The van der Waals surface area contributed by atoms with Crippen molar-refractivity contribution >= 4 is 29.5 Å². The molecule has 4 amide bonds. The molecule has 0 aliphatic rings. The maximum atomic E-state index is 14.4. The molecule has 3 unspecified atom stereocenters. The van der Waals surface area contributed by atoms with Crippen LogP contribution in [0.4, 0.5) is 10.5 Å². The first-order valence-electron chi connectivity index (χ1n) is 14.3. The van der Waals surface area contributed by atoms with E-state index in [1.165, 1.54) is 4.90 Å². The molecule has 0 bridgehead atoms. The number of carbonyl (C=O) groups is 4. The number of carbonyl (C=O) groups excluding carboxylic acids is 4. The minimum atomic E-state index is -1.16. The van der Waals surface area contributed by atoms with Crippen molar-refractivity contribution in [2.75, 3.05) is 12.4 Å². The lowest BCUT2D eigenvalue weighted by atomic mass is 9.96. The number of methoxy groups -OCH3 is 1. The molecule has 3 atom stereocenters. The Morgan fingerprint density at radius 3 is 2.05 bits per heavy atom. The summed E-state index contributed by atoms with van der Waals surface area (Å²) in [6.45, 7) is 11.2. The molecule has 0 heterocycles. The third-order valence-electron chi connectivity index (χ3n) is 6.56. The molecule has 4 N–H and O–H groups in total. The second-order valence-electron chi connectivity index (χ2n) is 11.8. The van der Waals surface area contributed by atoms with Gasteiger partial charge in [0.15, 0.2) is 0 Å². The van der Waals surface area contributed by atoms with Gasteiger partial charge in [-0.05, 0) is 82.7 Å². The standard InChI is InChI=1S/C32H46N4O6/c1-21(2)13-14-22(3)36(30(39)26(19-20-27(33)37)35-31(40)42-32(4,5)6)28(23-11-9-8-10-12-23)29(38)34-24-15-17-25(41-7)18-16-24/h8-12,15-18,21-22,26,28H,13-14,19-20H2,1-7H3,(H2,33,37)(H,34,38)(H,35,40). The van der Waals surface area contributed by atoms with Crippen molar-refractivity contribution in [1.82, 2.24) is 10.2 Å². The fourth-order valence-electron chi connectivity index (χ4n) is 4.44. The molecule has 0 aliphatic carbocycles. The van der Waals surface area contributed by atoms with E-state index in [9.17, 15) is 19.2 Å². The van der Waals surface area contributed by atoms with Crippen LogP contribution >= 0.6 is 0 Å². The number of hydrogen-bond acceptors (Lipinski definition) is 6. The highest BCUT2D eigenvalue weighted by atomic mass is 16.6. The second-order valence-corrected chi connectivity index (χ2v) is 11.8. The van der Waals surface area contributed by atoms with Crippen molar-refractivity contribution in [3.63, 3.8) is 0 Å². The van der Waals surface area contributed by atoms with Crippen LogP contribution in [0.5, 0.6) is 5.75 Å². The molecule has 2 aromatic rings. The summed E-state index contributed by atoms with van der Waals surface area (Å²) in [6.07, 6.45) is 0.408. The smallest absolute Gasteiger partial charge is 0.408 e. The number of hydrogen-bond donors (Lipinski definition) is 3. The number of nitrogens with zero attached hydrogens (tertiary/aromatic N) is 1. The molecule has 2 aromatic carbocycles. The Bertz CT molecular complexity index is 1180. The van der Waals surface area contributed by atoms with Crippen molar-refractivity contribution < 1.29 is 28.7 Å². The van der Waals surface area contributed by atoms with Crippen LogP contribution in [0.25, 0.3) is 0 Å². The van der Waals surface area contributed by atoms with Gasteiger partial charge in [0.05, 0.1) is 7.11 Å². The van der Waals surface area contributed by atoms with Gasteiger partial charge in [-0.15, -0.1) is 0 Å². The fourth-order valence-corrected chi connectivity index (χ4v) is 4.44. The summed E-state index contributed by atoms with van der Waals surface area (Å²) >= 11 is 0. The second kappa shape index (κ2) is 15.8. The van der Waals surface area contributed by atoms with Crippen LogP contribution in [0.3, 0.4) is 0 Å². The highest BCUT2D eigenvalue weighted by Crippen LogP contribution is 2.29. The van der Waals surface area contributed by atoms with Gasteiger partial charge < -0.3 is 30.7 Å². The Balaban J connectivity index is 2.58. The largest absolute Gasteiger partial charge is 0.497 e. The molecule has 0 fully saturated rings. The quantitative estimate of drug-likeness (QED) is 0.280. The maximum Gasteiger partial charge on any atom is 0.408 e. The van der Waals surface area contributed by atoms with Crippen molar-refractivity contribution in [2.24, 2.45) is 11.7 Å². The number of amides is 4. The maximum absolute atomic E-state index is 14.4. The van der Waals surface area contributed by atoms with Crippen molar-refractivity contribution in [1.29, 1.82) is 0 Å². The van der Waals surface area contributed by atoms with Crippen LogP contribution in [-0.2, 0) is 19.1 Å². The summed E-state index contributed by atoms with van der Waals surface area (Å²) < 4.78 is 10.6. The minimum absolute atomic E-state index is 0.0532. The average molecular weight is 583 g/mol. The highest BCUT2D eigenvalue weighted by Gasteiger charge is 2.39. The predicted octanol–water partition coefficient (Wildman–Crippen LogP) is 5.19. The Kier molecular flexibility index (Phi) is 12.8. The Morgan fingerprint density at radius 2 is 1.52 bits per heavy atom. The van der Waals surface area contributed by atoms with Crippen molar-refractivity contribution in [3.8, 4) is 5.75 Å². The SMILES string of the molecule is COc1ccc(NC(=O)C(c2ccccc2)N(C(=O)C(CCC(N)=O)NC(=O)OC(C)(C)C)C(C)CCC(C)C)cc1. The number of anilines is 1. The van der Waals surface area contributed by atoms with E-state index in [0.29, 0.717) is 29.3 Å². The van der Waals surface area contributed by atoms with Gasteiger partial charge in [-0.3, -0.25) is 14.4 Å². The Morgan fingerprint density at radius 1 is 0.905 bits per heavy atom. The van der Waals surface area contributed by atoms with E-state index in [1.807, 2.05) is 13.0 Å². The highest BCUT2D eigenvalue weighted by molar-refractivity contribution is 5.99. The van der Waals surface area contributed by atoms with E-state index in [2.05, 4.69) is 24.5 Å². The first kappa shape index (κ1) is 34.1. The van der Waals surface area contributed by atoms with Gasteiger partial charge in [0, 0.05) is 18.2 Å². The zero-order chi connectivity index (χ0) is 31.4. The summed E-state index contributed by atoms with van der Waals surface area (Å²) in [5.74, 6) is -0.565. The van der Waals surface area contributed by atoms with Gasteiger partial charge in [0.1, 0.15) is 23.4 Å². The molecule has 42 heavy (non-hydrogen) atoms. The third kappa shape index (κ3) is 11.1. The van der Waals surface area contributed by atoms with Gasteiger partial charge in [-0.1, -0.05) is 44.2 Å². The van der Waals surface area contributed by atoms with Gasteiger partial charge in [0.25, 0.3) is 5.91 Å². The van der Waals surface area contributed by atoms with Crippen LogP contribution in [0, 0.1) is 5.92 Å². The molecule has 10 heteroatoms. The number of nitrogens with one attached hydrogen (secondary N) is 2. The lowest BCUT2D eigenvalue weighted by Gasteiger charge is -2.39. The van der Waals surface area contributed by atoms with Gasteiger partial charge in [0.2, 0.25) is 11.8 Å². The summed E-state index contributed by atoms with van der Waals surface area (Å²) in [5, 5.41) is 5.56. The molecule has 0 spiro atoms. The average Bonchev–Trinajstić information content (AvgIpc) is 2.91. The lowest BCUT2D eigenvalue weighted by Crippen LogP contribution is -2.55. The van der Waals surface area contributed by atoms with Crippen LogP contribution in [0.2, 0.25) is 0 Å². The molecule has 0 saturated carbocycles. The van der Waals surface area contributed by atoms with E-state index < -0.39 is 47.5 Å². The molecular formula is C32H46N4O6. The van der Waals surface area contributed by atoms with Crippen molar-refractivity contribution in [2.45, 2.75) is 91.0 Å². The topological polar surface area (TPSA) is 140 Å². The third-order valence-corrected chi connectivity index (χ3v) is 6.56.